The first-order chi connectivity index (χ1) is 8.63. The molecule has 0 aromatic heterocycles. The van der Waals surface area contributed by atoms with Gasteiger partial charge in [-0.15, -0.1) is 0 Å². The summed E-state index contributed by atoms with van der Waals surface area (Å²) in [4.78, 5) is 0.766. The quantitative estimate of drug-likeness (QED) is 0.744. The Hall–Kier alpha value is -0.740. The fourth-order valence-corrected chi connectivity index (χ4v) is 3.88. The third kappa shape index (κ3) is 2.64. The van der Waals surface area contributed by atoms with Gasteiger partial charge in [0.05, 0.1) is 22.7 Å². The number of aryl methyl sites for hydroxylation is 1. The summed E-state index contributed by atoms with van der Waals surface area (Å²) in [6, 6.07) is 7.60. The van der Waals surface area contributed by atoms with Crippen LogP contribution in [0, 0.1) is 6.92 Å². The van der Waals surface area contributed by atoms with Gasteiger partial charge in [0.1, 0.15) is 12.3 Å². The minimum atomic E-state index is -1.20. The molecule has 0 aliphatic carbocycles. The molecule has 1 aliphatic heterocycles. The van der Waals surface area contributed by atoms with E-state index in [0.717, 1.165) is 23.3 Å². The Kier molecular flexibility index (Phi) is 4.17. The Morgan fingerprint density at radius 1 is 1.44 bits per heavy atom. The molecule has 2 rings (SSSR count). The lowest BCUT2D eigenvalue weighted by Gasteiger charge is -2.20. The number of benzene rings is 1. The Morgan fingerprint density at radius 3 is 2.50 bits per heavy atom. The molecule has 0 bridgehead atoms. The van der Waals surface area contributed by atoms with Crippen LogP contribution in [0.3, 0.4) is 0 Å². The number of hydrogen-bond donors (Lipinski definition) is 0. The van der Waals surface area contributed by atoms with Crippen molar-refractivity contribution in [3.05, 3.63) is 29.8 Å². The molecule has 0 spiro atoms. The van der Waals surface area contributed by atoms with Crippen LogP contribution in [0.2, 0.25) is 0 Å². The minimum Gasteiger partial charge on any atom is -0.365 e. The van der Waals surface area contributed by atoms with Gasteiger partial charge in [-0.05, 0) is 25.5 Å². The van der Waals surface area contributed by atoms with E-state index in [4.69, 9.17) is 4.74 Å². The van der Waals surface area contributed by atoms with E-state index in [1.807, 2.05) is 38.1 Å². The molecule has 1 unspecified atom stereocenters. The van der Waals surface area contributed by atoms with Crippen molar-refractivity contribution in [3.8, 4) is 0 Å². The van der Waals surface area contributed by atoms with Crippen LogP contribution in [-0.4, -0.2) is 28.3 Å². The topological polar surface area (TPSA) is 29.6 Å². The van der Waals surface area contributed by atoms with Crippen molar-refractivity contribution < 1.29 is 13.3 Å². The summed E-state index contributed by atoms with van der Waals surface area (Å²) in [7, 11) is -1.20. The number of rotatable bonds is 6. The van der Waals surface area contributed by atoms with Crippen LogP contribution in [0.25, 0.3) is 0 Å². The third-order valence-electron chi connectivity index (χ3n) is 3.39. The molecule has 1 heterocycles. The van der Waals surface area contributed by atoms with Crippen LogP contribution < -0.4 is 0 Å². The van der Waals surface area contributed by atoms with Gasteiger partial charge < -0.3 is 4.74 Å². The van der Waals surface area contributed by atoms with Gasteiger partial charge in [-0.1, -0.05) is 31.0 Å². The molecule has 1 aromatic rings. The monoisotopic (exact) mass is 270 g/mol. The van der Waals surface area contributed by atoms with E-state index in [1.54, 1.807) is 0 Å². The van der Waals surface area contributed by atoms with Crippen LogP contribution in [0.4, 0.5) is 4.39 Å². The highest BCUT2D eigenvalue weighted by Gasteiger charge is 2.54. The fourth-order valence-electron chi connectivity index (χ4n) is 2.11. The number of ether oxygens (including phenoxy) is 1. The molecule has 0 saturated carbocycles. The average Bonchev–Trinajstić information content (AvgIpc) is 3.17. The van der Waals surface area contributed by atoms with E-state index >= 15 is 0 Å². The molecular weight excluding hydrogens is 251 g/mol. The zero-order chi connectivity index (χ0) is 13.2. The highest BCUT2D eigenvalue weighted by molar-refractivity contribution is 7.85. The van der Waals surface area contributed by atoms with Crippen LogP contribution in [0.15, 0.2) is 29.2 Å². The molecular formula is C14H19FO2S. The van der Waals surface area contributed by atoms with Gasteiger partial charge in [0, 0.05) is 4.90 Å². The Morgan fingerprint density at radius 2 is 2.06 bits per heavy atom. The van der Waals surface area contributed by atoms with E-state index in [2.05, 4.69) is 0 Å². The van der Waals surface area contributed by atoms with Gasteiger partial charge in [-0.2, -0.15) is 0 Å². The van der Waals surface area contributed by atoms with Crippen LogP contribution >= 0.6 is 0 Å². The van der Waals surface area contributed by atoms with Crippen molar-refractivity contribution in [2.24, 2.45) is 0 Å². The summed E-state index contributed by atoms with van der Waals surface area (Å²) < 4.78 is 30.9. The van der Waals surface area contributed by atoms with E-state index in [9.17, 15) is 8.60 Å². The molecule has 1 aliphatic rings. The molecule has 2 nitrogen and oxygen atoms in total. The van der Waals surface area contributed by atoms with E-state index in [0.29, 0.717) is 6.61 Å². The van der Waals surface area contributed by atoms with Crippen molar-refractivity contribution in [3.63, 3.8) is 0 Å². The first-order valence-electron chi connectivity index (χ1n) is 6.30. The van der Waals surface area contributed by atoms with E-state index < -0.39 is 23.1 Å². The van der Waals surface area contributed by atoms with Gasteiger partial charge in [0.15, 0.2) is 0 Å². The predicted molar refractivity (Wildman–Crippen MR) is 70.9 cm³/mol. The molecule has 0 N–H and O–H groups in total. The lowest BCUT2D eigenvalue weighted by Crippen LogP contribution is -2.36. The first-order valence-corrected chi connectivity index (χ1v) is 7.51. The number of halogens is 1. The summed E-state index contributed by atoms with van der Waals surface area (Å²) in [6.07, 6.45) is 1.61. The Bertz CT molecular complexity index is 426. The van der Waals surface area contributed by atoms with Gasteiger partial charge in [-0.3, -0.25) is 4.21 Å². The average molecular weight is 270 g/mol. The van der Waals surface area contributed by atoms with Crippen LogP contribution in [-0.2, 0) is 15.5 Å². The van der Waals surface area contributed by atoms with Crippen molar-refractivity contribution in [1.82, 2.24) is 0 Å². The van der Waals surface area contributed by atoms with Gasteiger partial charge in [0.2, 0.25) is 0 Å². The molecule has 1 aromatic carbocycles. The molecule has 0 radical (unpaired) electrons. The van der Waals surface area contributed by atoms with Crippen molar-refractivity contribution in [1.29, 1.82) is 0 Å². The molecule has 4 heteroatoms. The molecule has 1 saturated heterocycles. The molecule has 18 heavy (non-hydrogen) atoms. The largest absolute Gasteiger partial charge is 0.365 e. The standard InChI is InChI=1S/C14H19FO2S/c1-3-4-13(14(9-15)10-17-14)18(16)12-7-5-11(2)6-8-12/h5-8,13H,3-4,9-10H2,1-2H3/t13-,14-,18?/m1/s1. The van der Waals surface area contributed by atoms with E-state index in [-0.39, 0.29) is 5.25 Å². The molecule has 3 atom stereocenters. The molecule has 100 valence electrons. The SMILES string of the molecule is CCC[C@@H](S(=O)c1ccc(C)cc1)[C@@]1(CF)CO1. The zero-order valence-electron chi connectivity index (χ0n) is 10.8. The van der Waals surface area contributed by atoms with E-state index in [1.165, 1.54) is 0 Å². The highest BCUT2D eigenvalue weighted by Crippen LogP contribution is 2.38. The molecule has 1 fully saturated rings. The smallest absolute Gasteiger partial charge is 0.134 e. The first kappa shape index (κ1) is 13.7. The maximum atomic E-state index is 13.1. The number of alkyl halides is 1. The molecule has 0 amide bonds. The normalized spacial score (nSPS) is 25.7. The van der Waals surface area contributed by atoms with Gasteiger partial charge >= 0.3 is 0 Å². The minimum absolute atomic E-state index is 0.241. The summed E-state index contributed by atoms with van der Waals surface area (Å²) in [6.45, 7) is 3.86. The van der Waals surface area contributed by atoms with Crippen molar-refractivity contribution in [2.75, 3.05) is 13.3 Å². The summed E-state index contributed by atoms with van der Waals surface area (Å²) >= 11 is 0. The zero-order valence-corrected chi connectivity index (χ0v) is 11.6. The van der Waals surface area contributed by atoms with Crippen molar-refractivity contribution >= 4 is 10.8 Å². The second kappa shape index (κ2) is 5.49. The van der Waals surface area contributed by atoms with Crippen LogP contribution in [0.1, 0.15) is 25.3 Å². The second-order valence-electron chi connectivity index (χ2n) is 4.87. The van der Waals surface area contributed by atoms with Crippen molar-refractivity contribution in [2.45, 2.75) is 42.4 Å². The van der Waals surface area contributed by atoms with Gasteiger partial charge in [0.25, 0.3) is 0 Å². The lowest BCUT2D eigenvalue weighted by atomic mass is 10.0. The number of hydrogen-bond acceptors (Lipinski definition) is 2. The number of epoxide rings is 1. The van der Waals surface area contributed by atoms with Crippen LogP contribution in [0.5, 0.6) is 0 Å². The second-order valence-corrected chi connectivity index (χ2v) is 6.51. The Labute approximate surface area is 110 Å². The third-order valence-corrected chi connectivity index (χ3v) is 5.31. The maximum absolute atomic E-state index is 13.1. The summed E-state index contributed by atoms with van der Waals surface area (Å²) in [5, 5.41) is -0.241. The Balaban J connectivity index is 2.21. The summed E-state index contributed by atoms with van der Waals surface area (Å²) in [5.74, 6) is 0. The maximum Gasteiger partial charge on any atom is 0.134 e. The summed E-state index contributed by atoms with van der Waals surface area (Å²) in [5.41, 5.74) is 0.344. The van der Waals surface area contributed by atoms with Gasteiger partial charge in [-0.25, -0.2) is 4.39 Å². The predicted octanol–water partition coefficient (Wildman–Crippen LogP) is 3.01. The highest BCUT2D eigenvalue weighted by atomic mass is 32.2. The lowest BCUT2D eigenvalue weighted by molar-refractivity contribution is 0.234. The fraction of sp³-hybridized carbons (Fsp3) is 0.571.